The van der Waals surface area contributed by atoms with E-state index in [0.717, 1.165) is 12.0 Å². The van der Waals surface area contributed by atoms with Gasteiger partial charge in [0, 0.05) is 30.6 Å². The Hall–Kier alpha value is -1.89. The number of likely N-dealkylation sites (tertiary alicyclic amines) is 1. The highest BCUT2D eigenvalue weighted by Gasteiger charge is 2.26. The smallest absolute Gasteiger partial charge is 0.240 e. The Morgan fingerprint density at radius 1 is 1.04 bits per heavy atom. The summed E-state index contributed by atoms with van der Waals surface area (Å²) in [6.45, 7) is 1.14. The van der Waals surface area contributed by atoms with Crippen LogP contribution in [0.15, 0.2) is 59.5 Å². The van der Waals surface area contributed by atoms with E-state index in [2.05, 4.69) is 4.72 Å². The fraction of sp³-hybridized carbons (Fsp3) is 0.350. The molecule has 1 aliphatic heterocycles. The fourth-order valence-corrected chi connectivity index (χ4v) is 4.63. The first kappa shape index (κ1) is 19.9. The third-order valence-corrected chi connectivity index (χ3v) is 6.55. The molecule has 1 amide bonds. The maximum atomic E-state index is 12.5. The Balaban J connectivity index is 1.48. The standard InChI is InChI=1S/C20H23ClN2O3S/c21-17-7-9-19(10-8-17)27(25,26)22-18-12-14-23(15-13-18)20(24)11-6-16-4-2-1-3-5-16/h1-5,7-10,18,22H,6,11-15H2. The second kappa shape index (κ2) is 8.87. The summed E-state index contributed by atoms with van der Waals surface area (Å²) in [4.78, 5) is 14.4. The molecule has 5 nitrogen and oxygen atoms in total. The van der Waals surface area contributed by atoms with Gasteiger partial charge in [-0.3, -0.25) is 4.79 Å². The van der Waals surface area contributed by atoms with Gasteiger partial charge in [0.15, 0.2) is 0 Å². The summed E-state index contributed by atoms with van der Waals surface area (Å²) >= 11 is 5.81. The van der Waals surface area contributed by atoms with Crippen LogP contribution in [0.25, 0.3) is 0 Å². The van der Waals surface area contributed by atoms with Crippen molar-refractivity contribution in [1.82, 2.24) is 9.62 Å². The number of carbonyl (C=O) groups excluding carboxylic acids is 1. The van der Waals surface area contributed by atoms with Crippen LogP contribution in [0.2, 0.25) is 5.02 Å². The van der Waals surface area contributed by atoms with E-state index < -0.39 is 10.0 Å². The van der Waals surface area contributed by atoms with Crippen LogP contribution in [0.4, 0.5) is 0 Å². The van der Waals surface area contributed by atoms with Gasteiger partial charge in [0.25, 0.3) is 0 Å². The highest BCUT2D eigenvalue weighted by Crippen LogP contribution is 2.18. The highest BCUT2D eigenvalue weighted by atomic mass is 35.5. The van der Waals surface area contributed by atoms with Crippen LogP contribution in [0.5, 0.6) is 0 Å². The van der Waals surface area contributed by atoms with Crippen molar-refractivity contribution in [3.05, 3.63) is 65.2 Å². The number of halogens is 1. The zero-order valence-corrected chi connectivity index (χ0v) is 16.5. The van der Waals surface area contributed by atoms with E-state index in [1.165, 1.54) is 12.1 Å². The minimum absolute atomic E-state index is 0.123. The van der Waals surface area contributed by atoms with Gasteiger partial charge in [-0.15, -0.1) is 0 Å². The lowest BCUT2D eigenvalue weighted by Crippen LogP contribution is -2.46. The van der Waals surface area contributed by atoms with Gasteiger partial charge in [-0.2, -0.15) is 0 Å². The molecule has 0 radical (unpaired) electrons. The molecule has 1 saturated heterocycles. The molecule has 1 heterocycles. The molecule has 0 aliphatic carbocycles. The normalized spacial score (nSPS) is 15.7. The number of piperidine rings is 1. The van der Waals surface area contributed by atoms with Crippen molar-refractivity contribution >= 4 is 27.5 Å². The van der Waals surface area contributed by atoms with Crippen molar-refractivity contribution < 1.29 is 13.2 Å². The fourth-order valence-electron chi connectivity index (χ4n) is 3.20. The Morgan fingerprint density at radius 2 is 1.67 bits per heavy atom. The Bertz CT molecular complexity index is 862. The second-order valence-electron chi connectivity index (χ2n) is 6.72. The molecular weight excluding hydrogens is 384 g/mol. The second-order valence-corrected chi connectivity index (χ2v) is 8.87. The molecule has 0 unspecified atom stereocenters. The summed E-state index contributed by atoms with van der Waals surface area (Å²) < 4.78 is 27.6. The number of rotatable bonds is 6. The van der Waals surface area contributed by atoms with E-state index in [1.807, 2.05) is 35.2 Å². The molecule has 0 atom stereocenters. The lowest BCUT2D eigenvalue weighted by molar-refractivity contribution is -0.132. The van der Waals surface area contributed by atoms with Gasteiger partial charge in [0.05, 0.1) is 4.90 Å². The number of amides is 1. The predicted molar refractivity (Wildman–Crippen MR) is 106 cm³/mol. The topological polar surface area (TPSA) is 66.5 Å². The third-order valence-electron chi connectivity index (χ3n) is 4.76. The van der Waals surface area contributed by atoms with Gasteiger partial charge in [0.1, 0.15) is 0 Å². The van der Waals surface area contributed by atoms with Crippen LogP contribution in [0.3, 0.4) is 0 Å². The molecule has 27 heavy (non-hydrogen) atoms. The van der Waals surface area contributed by atoms with E-state index in [4.69, 9.17) is 11.6 Å². The number of carbonyl (C=O) groups is 1. The van der Waals surface area contributed by atoms with Crippen molar-refractivity contribution in [2.75, 3.05) is 13.1 Å². The lowest BCUT2D eigenvalue weighted by atomic mass is 10.0. The van der Waals surface area contributed by atoms with Crippen molar-refractivity contribution in [1.29, 1.82) is 0 Å². The van der Waals surface area contributed by atoms with Crippen molar-refractivity contribution in [2.45, 2.75) is 36.6 Å². The maximum absolute atomic E-state index is 12.5. The number of hydrogen-bond donors (Lipinski definition) is 1. The first-order chi connectivity index (χ1) is 12.9. The highest BCUT2D eigenvalue weighted by molar-refractivity contribution is 7.89. The molecule has 1 fully saturated rings. The molecular formula is C20H23ClN2O3S. The Morgan fingerprint density at radius 3 is 2.30 bits per heavy atom. The largest absolute Gasteiger partial charge is 0.343 e. The van der Waals surface area contributed by atoms with Crippen molar-refractivity contribution in [3.63, 3.8) is 0 Å². The van der Waals surface area contributed by atoms with E-state index in [-0.39, 0.29) is 16.8 Å². The van der Waals surface area contributed by atoms with Crippen LogP contribution in [0, 0.1) is 0 Å². The molecule has 2 aromatic rings. The summed E-state index contributed by atoms with van der Waals surface area (Å²) in [5.41, 5.74) is 1.15. The first-order valence-corrected chi connectivity index (χ1v) is 10.9. The minimum Gasteiger partial charge on any atom is -0.343 e. The summed E-state index contributed by atoms with van der Waals surface area (Å²) in [5.74, 6) is 0.123. The predicted octanol–water partition coefficient (Wildman–Crippen LogP) is 3.24. The molecule has 144 valence electrons. The third kappa shape index (κ3) is 5.54. The maximum Gasteiger partial charge on any atom is 0.240 e. The Kier molecular flexibility index (Phi) is 6.52. The molecule has 2 aromatic carbocycles. The number of hydrogen-bond acceptors (Lipinski definition) is 3. The number of nitrogens with zero attached hydrogens (tertiary/aromatic N) is 1. The molecule has 0 aromatic heterocycles. The lowest BCUT2D eigenvalue weighted by Gasteiger charge is -2.32. The zero-order chi connectivity index (χ0) is 19.3. The average molecular weight is 407 g/mol. The molecule has 1 N–H and O–H groups in total. The van der Waals surface area contributed by atoms with Gasteiger partial charge in [-0.25, -0.2) is 13.1 Å². The number of benzene rings is 2. The van der Waals surface area contributed by atoms with Crippen molar-refractivity contribution in [2.24, 2.45) is 0 Å². The minimum atomic E-state index is -3.57. The number of sulfonamides is 1. The molecule has 0 spiro atoms. The molecule has 1 aliphatic rings. The average Bonchev–Trinajstić information content (AvgIpc) is 2.67. The van der Waals surface area contributed by atoms with E-state index in [9.17, 15) is 13.2 Å². The molecule has 0 bridgehead atoms. The van der Waals surface area contributed by atoms with Crippen LogP contribution in [0.1, 0.15) is 24.8 Å². The van der Waals surface area contributed by atoms with Crippen molar-refractivity contribution in [3.8, 4) is 0 Å². The molecule has 3 rings (SSSR count). The van der Waals surface area contributed by atoms with Gasteiger partial charge >= 0.3 is 0 Å². The van der Waals surface area contributed by atoms with Crippen LogP contribution < -0.4 is 4.72 Å². The van der Waals surface area contributed by atoms with Gasteiger partial charge in [-0.1, -0.05) is 41.9 Å². The van der Waals surface area contributed by atoms with Gasteiger partial charge in [0.2, 0.25) is 15.9 Å². The van der Waals surface area contributed by atoms with E-state index in [0.29, 0.717) is 37.4 Å². The summed E-state index contributed by atoms with van der Waals surface area (Å²) in [6.07, 6.45) is 2.43. The summed E-state index contributed by atoms with van der Waals surface area (Å²) in [7, 11) is -3.57. The number of nitrogens with one attached hydrogen (secondary N) is 1. The molecule has 7 heteroatoms. The van der Waals surface area contributed by atoms with Gasteiger partial charge < -0.3 is 4.90 Å². The summed E-state index contributed by atoms with van der Waals surface area (Å²) in [6, 6.07) is 15.9. The van der Waals surface area contributed by atoms with Crippen LogP contribution in [-0.4, -0.2) is 38.4 Å². The van der Waals surface area contributed by atoms with E-state index >= 15 is 0 Å². The van der Waals surface area contributed by atoms with Gasteiger partial charge in [-0.05, 0) is 49.1 Å². The number of aryl methyl sites for hydroxylation is 1. The quantitative estimate of drug-likeness (QED) is 0.800. The Labute approximate surface area is 165 Å². The first-order valence-electron chi connectivity index (χ1n) is 9.04. The van der Waals surface area contributed by atoms with Crippen LogP contribution in [-0.2, 0) is 21.2 Å². The SMILES string of the molecule is O=C(CCc1ccccc1)N1CCC(NS(=O)(=O)c2ccc(Cl)cc2)CC1. The van der Waals surface area contributed by atoms with Crippen LogP contribution >= 0.6 is 11.6 Å². The zero-order valence-electron chi connectivity index (χ0n) is 15.0. The molecule has 0 saturated carbocycles. The summed E-state index contributed by atoms with van der Waals surface area (Å²) in [5, 5.41) is 0.497. The monoisotopic (exact) mass is 406 g/mol. The van der Waals surface area contributed by atoms with E-state index in [1.54, 1.807) is 12.1 Å².